The van der Waals surface area contributed by atoms with E-state index in [1.54, 1.807) is 18.5 Å². The summed E-state index contributed by atoms with van der Waals surface area (Å²) in [5.41, 5.74) is 1.60. The minimum atomic E-state index is -0.670. The topological polar surface area (TPSA) is 99.3 Å². The number of hydrogen-bond acceptors (Lipinski definition) is 7. The number of benzene rings is 1. The van der Waals surface area contributed by atoms with Crippen LogP contribution in [0.2, 0.25) is 0 Å². The molecular formula is C26H23F2N7O. The van der Waals surface area contributed by atoms with Crippen molar-refractivity contribution in [3.8, 4) is 17.1 Å². The number of hydrogen-bond donors (Lipinski definition) is 0. The van der Waals surface area contributed by atoms with E-state index in [4.69, 9.17) is 4.98 Å². The van der Waals surface area contributed by atoms with Gasteiger partial charge in [0.1, 0.15) is 23.7 Å². The van der Waals surface area contributed by atoms with Gasteiger partial charge in [0.05, 0.1) is 40.7 Å². The van der Waals surface area contributed by atoms with Crippen LogP contribution in [0.5, 0.6) is 0 Å². The number of rotatable bonds is 5. The van der Waals surface area contributed by atoms with Crippen molar-refractivity contribution in [2.45, 2.75) is 51.4 Å². The van der Waals surface area contributed by atoms with Crippen LogP contribution in [0.25, 0.3) is 17.1 Å². The highest BCUT2D eigenvalue weighted by Gasteiger charge is 2.65. The van der Waals surface area contributed by atoms with Crippen molar-refractivity contribution in [1.29, 1.82) is 0 Å². The molecule has 2 bridgehead atoms. The maximum atomic E-state index is 14.5. The molecule has 0 unspecified atom stereocenters. The van der Waals surface area contributed by atoms with Gasteiger partial charge < -0.3 is 0 Å². The minimum absolute atomic E-state index is 0.0269. The summed E-state index contributed by atoms with van der Waals surface area (Å²) in [5.74, 6) is -0.348. The Morgan fingerprint density at radius 3 is 2.69 bits per heavy atom. The molecular weight excluding hydrogens is 464 g/mol. The molecule has 10 heteroatoms. The van der Waals surface area contributed by atoms with Gasteiger partial charge in [-0.1, -0.05) is 19.9 Å². The Morgan fingerprint density at radius 2 is 1.94 bits per heavy atom. The highest BCUT2D eigenvalue weighted by atomic mass is 19.1. The van der Waals surface area contributed by atoms with Crippen molar-refractivity contribution in [1.82, 2.24) is 34.9 Å². The van der Waals surface area contributed by atoms with Gasteiger partial charge in [-0.15, -0.1) is 10.2 Å². The molecule has 3 aromatic heterocycles. The van der Waals surface area contributed by atoms with Gasteiger partial charge >= 0.3 is 0 Å². The number of ketones is 1. The minimum Gasteiger partial charge on any atom is -0.300 e. The summed E-state index contributed by atoms with van der Waals surface area (Å²) < 4.78 is 30.5. The van der Waals surface area contributed by atoms with Crippen LogP contribution in [0.15, 0.2) is 43.0 Å². The molecule has 0 saturated heterocycles. The van der Waals surface area contributed by atoms with E-state index in [-0.39, 0.29) is 34.8 Å². The fourth-order valence-electron chi connectivity index (χ4n) is 6.14. The normalized spacial score (nSPS) is 21.5. The van der Waals surface area contributed by atoms with Gasteiger partial charge in [-0.2, -0.15) is 5.10 Å². The van der Waals surface area contributed by atoms with Crippen LogP contribution in [0.3, 0.4) is 0 Å². The van der Waals surface area contributed by atoms with Crippen molar-refractivity contribution in [2.75, 3.05) is 0 Å². The molecule has 1 fully saturated rings. The number of carbonyl (C=O) groups excluding carboxylic acids is 1. The summed E-state index contributed by atoms with van der Waals surface area (Å²) in [5, 5.41) is 13.2. The second-order valence-corrected chi connectivity index (χ2v) is 10.1. The first-order valence-electron chi connectivity index (χ1n) is 11.8. The van der Waals surface area contributed by atoms with E-state index in [9.17, 15) is 13.6 Å². The van der Waals surface area contributed by atoms with Crippen molar-refractivity contribution >= 4 is 5.78 Å². The molecule has 36 heavy (non-hydrogen) atoms. The molecule has 182 valence electrons. The lowest BCUT2D eigenvalue weighted by atomic mass is 9.66. The number of carbonyl (C=O) groups is 1. The van der Waals surface area contributed by atoms with Crippen LogP contribution in [0.4, 0.5) is 8.78 Å². The van der Waals surface area contributed by atoms with E-state index in [0.717, 1.165) is 29.8 Å². The Morgan fingerprint density at radius 1 is 1.17 bits per heavy atom. The van der Waals surface area contributed by atoms with Gasteiger partial charge in [-0.3, -0.25) is 9.78 Å². The van der Waals surface area contributed by atoms with E-state index in [2.05, 4.69) is 39.1 Å². The number of aromatic nitrogens is 7. The van der Waals surface area contributed by atoms with Gasteiger partial charge in [-0.25, -0.2) is 23.4 Å². The van der Waals surface area contributed by atoms with E-state index < -0.39 is 17.0 Å². The fraction of sp³-hybridized carbons (Fsp3) is 0.346. The van der Waals surface area contributed by atoms with Gasteiger partial charge in [0, 0.05) is 6.20 Å². The number of halogens is 2. The zero-order valence-electron chi connectivity index (χ0n) is 20.0. The Labute approximate surface area is 205 Å². The first-order chi connectivity index (χ1) is 17.2. The Balaban J connectivity index is 1.46. The number of fused-ring (bicyclic) bond motifs is 5. The third-order valence-electron chi connectivity index (χ3n) is 7.84. The van der Waals surface area contributed by atoms with Crippen LogP contribution in [-0.2, 0) is 16.6 Å². The molecule has 1 saturated carbocycles. The smallest absolute Gasteiger partial charge is 0.173 e. The molecule has 4 aromatic rings. The molecule has 0 radical (unpaired) electrons. The summed E-state index contributed by atoms with van der Waals surface area (Å²) in [7, 11) is 0. The van der Waals surface area contributed by atoms with E-state index in [0.29, 0.717) is 11.6 Å². The van der Waals surface area contributed by atoms with Crippen LogP contribution in [-0.4, -0.2) is 40.7 Å². The fourth-order valence-corrected chi connectivity index (χ4v) is 6.14. The van der Waals surface area contributed by atoms with Crippen molar-refractivity contribution < 1.29 is 13.6 Å². The summed E-state index contributed by atoms with van der Waals surface area (Å²) in [6.45, 7) is 5.83. The molecule has 8 nitrogen and oxygen atoms in total. The molecule has 1 aromatic carbocycles. The molecule has 0 aliphatic heterocycles. The zero-order chi connectivity index (χ0) is 25.2. The molecule has 0 spiro atoms. The maximum absolute atomic E-state index is 14.5. The summed E-state index contributed by atoms with van der Waals surface area (Å²) >= 11 is 0. The summed E-state index contributed by atoms with van der Waals surface area (Å²) in [6, 6.07) is 5.55. The lowest BCUT2D eigenvalue weighted by Gasteiger charge is -2.37. The lowest BCUT2D eigenvalue weighted by molar-refractivity contribution is -0.116. The third-order valence-corrected chi connectivity index (χ3v) is 7.84. The van der Waals surface area contributed by atoms with Crippen LogP contribution < -0.4 is 0 Å². The standard InChI is InChI=1S/C26H23F2N7O/c1-14(36)9-21-30-13-35(34-21)22-12-29-11-20(31-22)26-8-7-16(25(26,2)3)15-10-19(32-33-24(15)26)23-17(27)5-4-6-18(23)28/h4-6,10-13,16H,7-9H2,1-3H3/t16-,26-/m0/s1. The van der Waals surface area contributed by atoms with E-state index in [1.165, 1.54) is 36.1 Å². The quantitative estimate of drug-likeness (QED) is 0.417. The third kappa shape index (κ3) is 3.06. The average Bonchev–Trinajstić information content (AvgIpc) is 3.46. The van der Waals surface area contributed by atoms with Crippen molar-refractivity contribution in [3.05, 3.63) is 77.4 Å². The maximum Gasteiger partial charge on any atom is 0.173 e. The summed E-state index contributed by atoms with van der Waals surface area (Å²) in [6.07, 6.45) is 6.67. The van der Waals surface area contributed by atoms with Crippen LogP contribution in [0, 0.1) is 17.0 Å². The highest BCUT2D eigenvalue weighted by Crippen LogP contribution is 2.69. The molecule has 2 atom stereocenters. The van der Waals surface area contributed by atoms with E-state index >= 15 is 0 Å². The Kier molecular flexibility index (Phi) is 4.86. The number of Topliss-reactive ketones (excluding diaryl/α,β-unsaturated/α-hetero) is 1. The van der Waals surface area contributed by atoms with Gasteiger partial charge in [0.2, 0.25) is 0 Å². The first-order valence-corrected chi connectivity index (χ1v) is 11.8. The van der Waals surface area contributed by atoms with E-state index in [1.807, 2.05) is 0 Å². The Hall–Kier alpha value is -3.95. The lowest BCUT2D eigenvalue weighted by Crippen LogP contribution is -2.38. The largest absolute Gasteiger partial charge is 0.300 e. The average molecular weight is 488 g/mol. The van der Waals surface area contributed by atoms with Gasteiger partial charge in [0.15, 0.2) is 11.6 Å². The monoisotopic (exact) mass is 487 g/mol. The first kappa shape index (κ1) is 22.5. The van der Waals surface area contributed by atoms with Crippen molar-refractivity contribution in [2.24, 2.45) is 5.41 Å². The van der Waals surface area contributed by atoms with Crippen LogP contribution in [0.1, 0.15) is 62.3 Å². The van der Waals surface area contributed by atoms with Crippen LogP contribution >= 0.6 is 0 Å². The molecule has 0 amide bonds. The Bertz CT molecular complexity index is 1510. The predicted molar refractivity (Wildman–Crippen MR) is 125 cm³/mol. The number of nitrogens with zero attached hydrogens (tertiary/aromatic N) is 7. The van der Waals surface area contributed by atoms with Gasteiger partial charge in [0.25, 0.3) is 0 Å². The SMILES string of the molecule is CC(=O)Cc1ncn(-c2cncc([C@@]34CC[C@@H](c5cc(-c6c(F)cccc6F)nnc53)C4(C)C)n2)n1. The highest BCUT2D eigenvalue weighted by molar-refractivity contribution is 5.77. The molecule has 3 heterocycles. The zero-order valence-corrected chi connectivity index (χ0v) is 20.0. The second kappa shape index (κ2) is 7.78. The molecule has 2 aliphatic rings. The second-order valence-electron chi connectivity index (χ2n) is 10.1. The van der Waals surface area contributed by atoms with Crippen molar-refractivity contribution in [3.63, 3.8) is 0 Å². The predicted octanol–water partition coefficient (Wildman–Crippen LogP) is 4.13. The van der Waals surface area contributed by atoms with Gasteiger partial charge in [-0.05, 0) is 54.9 Å². The molecule has 0 N–H and O–H groups in total. The summed E-state index contributed by atoms with van der Waals surface area (Å²) in [4.78, 5) is 25.0. The molecule has 6 rings (SSSR count). The molecule has 2 aliphatic carbocycles.